The van der Waals surface area contributed by atoms with Crippen molar-refractivity contribution in [2.45, 2.75) is 26.9 Å². The second kappa shape index (κ2) is 7.40. The smallest absolute Gasteiger partial charge is 0.123 e. The van der Waals surface area contributed by atoms with Crippen LogP contribution in [0.1, 0.15) is 18.2 Å². The van der Waals surface area contributed by atoms with Crippen LogP contribution in [0.3, 0.4) is 0 Å². The molecule has 20 heavy (non-hydrogen) atoms. The highest BCUT2D eigenvalue weighted by Gasteiger charge is 2.02. The van der Waals surface area contributed by atoms with Gasteiger partial charge in [-0.3, -0.25) is 0 Å². The van der Waals surface area contributed by atoms with Crippen LogP contribution >= 0.6 is 15.9 Å². The second-order valence-electron chi connectivity index (χ2n) is 4.51. The summed E-state index contributed by atoms with van der Waals surface area (Å²) >= 11 is 3.45. The highest BCUT2D eigenvalue weighted by atomic mass is 79.9. The van der Waals surface area contributed by atoms with Gasteiger partial charge in [-0.1, -0.05) is 34.1 Å². The van der Waals surface area contributed by atoms with E-state index in [0.717, 1.165) is 34.6 Å². The molecular formula is C14H19BrN4O. The van der Waals surface area contributed by atoms with Gasteiger partial charge in [-0.2, -0.15) is 0 Å². The van der Waals surface area contributed by atoms with Crippen molar-refractivity contribution in [3.8, 4) is 5.75 Å². The summed E-state index contributed by atoms with van der Waals surface area (Å²) in [5, 5.41) is 11.4. The quantitative estimate of drug-likeness (QED) is 0.842. The van der Waals surface area contributed by atoms with Crippen LogP contribution in [-0.2, 0) is 13.1 Å². The molecule has 5 nitrogen and oxygen atoms in total. The van der Waals surface area contributed by atoms with Crippen LogP contribution in [0.15, 0.2) is 28.9 Å². The molecule has 2 aromatic rings. The van der Waals surface area contributed by atoms with Crippen molar-refractivity contribution in [1.82, 2.24) is 20.3 Å². The van der Waals surface area contributed by atoms with Crippen molar-refractivity contribution in [3.05, 3.63) is 40.1 Å². The summed E-state index contributed by atoms with van der Waals surface area (Å²) < 4.78 is 8.60. The number of hydrogen-bond acceptors (Lipinski definition) is 4. The molecule has 1 aromatic heterocycles. The maximum absolute atomic E-state index is 5.78. The summed E-state index contributed by atoms with van der Waals surface area (Å²) in [6.07, 6.45) is 1.94. The zero-order chi connectivity index (χ0) is 14.4. The van der Waals surface area contributed by atoms with E-state index < -0.39 is 0 Å². The van der Waals surface area contributed by atoms with E-state index in [4.69, 9.17) is 4.74 Å². The first-order valence-corrected chi connectivity index (χ1v) is 7.47. The lowest BCUT2D eigenvalue weighted by Gasteiger charge is -2.09. The molecule has 0 spiro atoms. The first kappa shape index (κ1) is 15.0. The Labute approximate surface area is 127 Å². The Hall–Kier alpha value is -1.40. The zero-order valence-electron chi connectivity index (χ0n) is 11.8. The Bertz CT molecular complexity index is 556. The molecule has 0 aliphatic heterocycles. The SMILES string of the molecule is CCNCc1cn(CCOc2cc(Br)ccc2C)nn1. The molecule has 0 unspecified atom stereocenters. The lowest BCUT2D eigenvalue weighted by Crippen LogP contribution is -2.12. The molecule has 0 atom stereocenters. The summed E-state index contributed by atoms with van der Waals surface area (Å²) in [5.74, 6) is 0.896. The maximum atomic E-state index is 5.78. The molecule has 1 heterocycles. The van der Waals surface area contributed by atoms with Crippen LogP contribution in [0.25, 0.3) is 0 Å². The van der Waals surface area contributed by atoms with Crippen LogP contribution < -0.4 is 10.1 Å². The third-order valence-corrected chi connectivity index (χ3v) is 3.36. The van der Waals surface area contributed by atoms with Crippen molar-refractivity contribution < 1.29 is 4.74 Å². The van der Waals surface area contributed by atoms with Gasteiger partial charge in [-0.25, -0.2) is 4.68 Å². The first-order chi connectivity index (χ1) is 9.69. The molecule has 0 bridgehead atoms. The summed E-state index contributed by atoms with van der Waals surface area (Å²) in [6, 6.07) is 6.02. The fourth-order valence-electron chi connectivity index (χ4n) is 1.76. The van der Waals surface area contributed by atoms with Crippen LogP contribution in [0.4, 0.5) is 0 Å². The Morgan fingerprint density at radius 3 is 3.05 bits per heavy atom. The minimum absolute atomic E-state index is 0.571. The Balaban J connectivity index is 1.83. The molecular weight excluding hydrogens is 320 g/mol. The number of nitrogens with zero attached hydrogens (tertiary/aromatic N) is 3. The molecule has 1 N–H and O–H groups in total. The van der Waals surface area contributed by atoms with Crippen LogP contribution in [0.2, 0.25) is 0 Å². The predicted molar refractivity (Wildman–Crippen MR) is 81.8 cm³/mol. The third kappa shape index (κ3) is 4.31. The van der Waals surface area contributed by atoms with Crippen molar-refractivity contribution in [2.75, 3.05) is 13.2 Å². The zero-order valence-corrected chi connectivity index (χ0v) is 13.4. The average Bonchev–Trinajstić information content (AvgIpc) is 2.88. The van der Waals surface area contributed by atoms with E-state index in [1.165, 1.54) is 0 Å². The topological polar surface area (TPSA) is 52.0 Å². The molecule has 1 aromatic carbocycles. The minimum atomic E-state index is 0.571. The molecule has 6 heteroatoms. The van der Waals surface area contributed by atoms with E-state index in [1.54, 1.807) is 4.68 Å². The largest absolute Gasteiger partial charge is 0.491 e. The third-order valence-electron chi connectivity index (χ3n) is 2.87. The van der Waals surface area contributed by atoms with Crippen molar-refractivity contribution in [1.29, 1.82) is 0 Å². The highest BCUT2D eigenvalue weighted by molar-refractivity contribution is 9.10. The van der Waals surface area contributed by atoms with E-state index in [0.29, 0.717) is 13.2 Å². The van der Waals surface area contributed by atoms with Gasteiger partial charge in [0.05, 0.1) is 12.2 Å². The summed E-state index contributed by atoms with van der Waals surface area (Å²) in [6.45, 7) is 7.04. The Morgan fingerprint density at radius 2 is 2.25 bits per heavy atom. The van der Waals surface area contributed by atoms with Gasteiger partial charge in [0.1, 0.15) is 12.4 Å². The van der Waals surface area contributed by atoms with Gasteiger partial charge in [0.25, 0.3) is 0 Å². The van der Waals surface area contributed by atoms with Gasteiger partial charge in [0, 0.05) is 17.2 Å². The Kier molecular flexibility index (Phi) is 5.55. The number of aromatic nitrogens is 3. The van der Waals surface area contributed by atoms with E-state index in [2.05, 4.69) is 38.5 Å². The number of rotatable bonds is 7. The monoisotopic (exact) mass is 338 g/mol. The normalized spacial score (nSPS) is 10.8. The van der Waals surface area contributed by atoms with Gasteiger partial charge < -0.3 is 10.1 Å². The first-order valence-electron chi connectivity index (χ1n) is 6.67. The van der Waals surface area contributed by atoms with Crippen LogP contribution in [0.5, 0.6) is 5.75 Å². The van der Waals surface area contributed by atoms with Crippen molar-refractivity contribution >= 4 is 15.9 Å². The van der Waals surface area contributed by atoms with Gasteiger partial charge in [0.2, 0.25) is 0 Å². The molecule has 0 saturated carbocycles. The molecule has 2 rings (SSSR count). The highest BCUT2D eigenvalue weighted by Crippen LogP contribution is 2.22. The fourth-order valence-corrected chi connectivity index (χ4v) is 2.10. The van der Waals surface area contributed by atoms with E-state index in [9.17, 15) is 0 Å². The maximum Gasteiger partial charge on any atom is 0.123 e. The fraction of sp³-hybridized carbons (Fsp3) is 0.429. The van der Waals surface area contributed by atoms with Crippen LogP contribution in [-0.4, -0.2) is 28.1 Å². The molecule has 108 valence electrons. The summed E-state index contributed by atoms with van der Waals surface area (Å²) in [5.41, 5.74) is 2.07. The van der Waals surface area contributed by atoms with Gasteiger partial charge in [0.15, 0.2) is 0 Å². The molecule has 0 aliphatic rings. The predicted octanol–water partition coefficient (Wildman–Crippen LogP) is 2.54. The van der Waals surface area contributed by atoms with Gasteiger partial charge >= 0.3 is 0 Å². The van der Waals surface area contributed by atoms with Crippen LogP contribution in [0, 0.1) is 6.92 Å². The standard InChI is InChI=1S/C14H19BrN4O/c1-3-16-9-13-10-19(18-17-13)6-7-20-14-8-12(15)5-4-11(14)2/h4-5,8,10,16H,3,6-7,9H2,1-2H3. The Morgan fingerprint density at radius 1 is 1.40 bits per heavy atom. The molecule has 0 aliphatic carbocycles. The van der Waals surface area contributed by atoms with E-state index in [1.807, 2.05) is 31.3 Å². The van der Waals surface area contributed by atoms with E-state index in [-0.39, 0.29) is 0 Å². The molecule has 0 radical (unpaired) electrons. The average molecular weight is 339 g/mol. The number of hydrogen-bond donors (Lipinski definition) is 1. The summed E-state index contributed by atoms with van der Waals surface area (Å²) in [7, 11) is 0. The number of halogens is 1. The minimum Gasteiger partial charge on any atom is -0.491 e. The lowest BCUT2D eigenvalue weighted by molar-refractivity contribution is 0.288. The molecule has 0 fully saturated rings. The van der Waals surface area contributed by atoms with Crippen molar-refractivity contribution in [2.24, 2.45) is 0 Å². The second-order valence-corrected chi connectivity index (χ2v) is 5.43. The van der Waals surface area contributed by atoms with Gasteiger partial charge in [-0.15, -0.1) is 5.10 Å². The number of nitrogens with one attached hydrogen (secondary N) is 1. The van der Waals surface area contributed by atoms with Gasteiger partial charge in [-0.05, 0) is 31.2 Å². The van der Waals surface area contributed by atoms with Crippen molar-refractivity contribution in [3.63, 3.8) is 0 Å². The number of aryl methyl sites for hydroxylation is 1. The lowest BCUT2D eigenvalue weighted by atomic mass is 10.2. The molecule has 0 amide bonds. The summed E-state index contributed by atoms with van der Waals surface area (Å²) in [4.78, 5) is 0. The molecule has 0 saturated heterocycles. The number of benzene rings is 1. The van der Waals surface area contributed by atoms with E-state index >= 15 is 0 Å². The number of ether oxygens (including phenoxy) is 1.